The van der Waals surface area contributed by atoms with Crippen molar-refractivity contribution in [2.75, 3.05) is 4.90 Å². The summed E-state index contributed by atoms with van der Waals surface area (Å²) in [4.78, 5) is 2.50. The highest BCUT2D eigenvalue weighted by Crippen LogP contribution is 2.49. The first-order valence-electron chi connectivity index (χ1n) is 17.2. The smallest absolute Gasteiger partial charge is 0.0633 e. The van der Waals surface area contributed by atoms with E-state index >= 15 is 0 Å². The Morgan fingerprint density at radius 1 is 0.729 bits per heavy atom. The Balaban J connectivity index is 1.26. The number of hydrogen-bond donors (Lipinski definition) is 0. The highest BCUT2D eigenvalue weighted by molar-refractivity contribution is 7.26. The van der Waals surface area contributed by atoms with E-state index in [2.05, 4.69) is 180 Å². The zero-order chi connectivity index (χ0) is 33.4. The maximum absolute atomic E-state index is 2.50. The quantitative estimate of drug-likeness (QED) is 0.160. The standard InChI is InChI=1S/C46H45NS/c1-31(32(2)24-30-38-34(4)46(5,6)42-20-12-10-17-39(38)42)23-25-33(3)47(37-28-26-36(27-29-37)35-15-8-7-9-16-35)43-21-14-19-41-40-18-11-13-22-44(40)48-45(41)43/h7-26,28,30,34H,27,29H2,1-6H3/b31-23+,32-24+,33-25+,38-30+. The molecule has 2 aliphatic rings. The summed E-state index contributed by atoms with van der Waals surface area (Å²) >= 11 is 1.90. The van der Waals surface area contributed by atoms with E-state index in [1.807, 2.05) is 11.3 Å². The maximum atomic E-state index is 2.50. The van der Waals surface area contributed by atoms with E-state index in [9.17, 15) is 0 Å². The van der Waals surface area contributed by atoms with Crippen LogP contribution in [0.4, 0.5) is 5.69 Å². The highest BCUT2D eigenvalue weighted by Gasteiger charge is 2.39. The molecule has 7 rings (SSSR count). The van der Waals surface area contributed by atoms with E-state index in [0.29, 0.717) is 5.92 Å². The van der Waals surface area contributed by atoms with Gasteiger partial charge in [0.15, 0.2) is 0 Å². The van der Waals surface area contributed by atoms with Crippen molar-refractivity contribution in [3.8, 4) is 0 Å². The minimum Gasteiger partial charge on any atom is -0.317 e. The molecule has 240 valence electrons. The minimum absolute atomic E-state index is 0.139. The van der Waals surface area contributed by atoms with Crippen LogP contribution in [0.1, 0.15) is 71.1 Å². The Bertz CT molecular complexity index is 2190. The second-order valence-corrected chi connectivity index (χ2v) is 15.0. The van der Waals surface area contributed by atoms with Crippen molar-refractivity contribution in [2.24, 2.45) is 5.92 Å². The van der Waals surface area contributed by atoms with Crippen molar-refractivity contribution in [2.45, 2.75) is 59.8 Å². The lowest BCUT2D eigenvalue weighted by Gasteiger charge is -2.31. The monoisotopic (exact) mass is 643 g/mol. The van der Waals surface area contributed by atoms with Gasteiger partial charge in [-0.25, -0.2) is 0 Å². The highest BCUT2D eigenvalue weighted by atomic mass is 32.1. The van der Waals surface area contributed by atoms with Crippen LogP contribution in [0.25, 0.3) is 31.3 Å². The minimum atomic E-state index is 0.139. The summed E-state index contributed by atoms with van der Waals surface area (Å²) in [5, 5.41) is 2.66. The lowest BCUT2D eigenvalue weighted by Crippen LogP contribution is -2.21. The first kappa shape index (κ1) is 31.9. The van der Waals surface area contributed by atoms with Gasteiger partial charge in [-0.2, -0.15) is 0 Å². The largest absolute Gasteiger partial charge is 0.317 e. The molecule has 0 spiro atoms. The van der Waals surface area contributed by atoms with E-state index in [1.165, 1.54) is 76.2 Å². The van der Waals surface area contributed by atoms with Gasteiger partial charge in [0.2, 0.25) is 0 Å². The van der Waals surface area contributed by atoms with Crippen LogP contribution in [0.5, 0.6) is 0 Å². The van der Waals surface area contributed by atoms with Crippen molar-refractivity contribution in [3.05, 3.63) is 173 Å². The van der Waals surface area contributed by atoms with Crippen LogP contribution >= 0.6 is 11.3 Å². The number of hydrogen-bond acceptors (Lipinski definition) is 2. The molecule has 0 N–H and O–H groups in total. The molecule has 1 nitrogen and oxygen atoms in total. The van der Waals surface area contributed by atoms with Gasteiger partial charge in [0.1, 0.15) is 0 Å². The van der Waals surface area contributed by atoms with Crippen LogP contribution in [-0.4, -0.2) is 0 Å². The molecule has 0 saturated carbocycles. The molecule has 48 heavy (non-hydrogen) atoms. The third-order valence-electron chi connectivity index (χ3n) is 10.7. The Morgan fingerprint density at radius 2 is 1.44 bits per heavy atom. The number of benzene rings is 4. The predicted octanol–water partition coefficient (Wildman–Crippen LogP) is 13.4. The molecule has 0 amide bonds. The number of thiophene rings is 1. The molecule has 0 radical (unpaired) electrons. The normalized spacial score (nSPS) is 19.1. The lowest BCUT2D eigenvalue weighted by molar-refractivity contribution is 0.442. The topological polar surface area (TPSA) is 3.24 Å². The number of fused-ring (bicyclic) bond motifs is 4. The fourth-order valence-electron chi connectivity index (χ4n) is 7.37. The third kappa shape index (κ3) is 5.84. The Morgan fingerprint density at radius 3 is 2.23 bits per heavy atom. The second-order valence-electron chi connectivity index (χ2n) is 13.9. The van der Waals surface area contributed by atoms with Crippen molar-refractivity contribution >= 4 is 48.3 Å². The number of rotatable bonds is 7. The van der Waals surface area contributed by atoms with Gasteiger partial charge in [0.05, 0.1) is 10.4 Å². The van der Waals surface area contributed by atoms with Gasteiger partial charge < -0.3 is 4.90 Å². The van der Waals surface area contributed by atoms with E-state index < -0.39 is 0 Å². The average molecular weight is 644 g/mol. The molecule has 5 aromatic rings. The molecule has 4 aromatic carbocycles. The number of nitrogens with zero attached hydrogens (tertiary/aromatic N) is 1. The van der Waals surface area contributed by atoms with Crippen LogP contribution in [0, 0.1) is 5.92 Å². The zero-order valence-corrected chi connectivity index (χ0v) is 29.9. The van der Waals surface area contributed by atoms with Gasteiger partial charge in [-0.3, -0.25) is 0 Å². The lowest BCUT2D eigenvalue weighted by atomic mass is 9.78. The van der Waals surface area contributed by atoms with Gasteiger partial charge in [0.25, 0.3) is 0 Å². The van der Waals surface area contributed by atoms with E-state index in [-0.39, 0.29) is 5.41 Å². The van der Waals surface area contributed by atoms with E-state index in [1.54, 1.807) is 0 Å². The summed E-state index contributed by atoms with van der Waals surface area (Å²) < 4.78 is 2.67. The SMILES string of the molecule is CC(=C\C=C1\c2ccccc2C(C)(C)C1C)/C(C)=C/C=C(\C)N(C1=CC=C(c2ccccc2)CC1)c1cccc2c1sc1ccccc12. The summed E-state index contributed by atoms with van der Waals surface area (Å²) in [6.45, 7) is 13.8. The third-order valence-corrected chi connectivity index (χ3v) is 11.9. The maximum Gasteiger partial charge on any atom is 0.0633 e. The van der Waals surface area contributed by atoms with Gasteiger partial charge in [0, 0.05) is 26.9 Å². The predicted molar refractivity (Wildman–Crippen MR) is 211 cm³/mol. The summed E-state index contributed by atoms with van der Waals surface area (Å²) in [6, 6.07) is 35.3. The van der Waals surface area contributed by atoms with Crippen LogP contribution in [0.3, 0.4) is 0 Å². The molecule has 1 unspecified atom stereocenters. The Hall–Kier alpha value is -4.66. The van der Waals surface area contributed by atoms with Crippen molar-refractivity contribution < 1.29 is 0 Å². The number of allylic oxidation sites excluding steroid dienone is 12. The van der Waals surface area contributed by atoms with Gasteiger partial charge in [-0.05, 0) is 108 Å². The van der Waals surface area contributed by atoms with Crippen molar-refractivity contribution in [3.63, 3.8) is 0 Å². The molecule has 0 saturated heterocycles. The van der Waals surface area contributed by atoms with Gasteiger partial charge in [-0.1, -0.05) is 130 Å². The number of anilines is 1. The average Bonchev–Trinajstić information content (AvgIpc) is 3.59. The molecule has 0 bridgehead atoms. The fourth-order valence-corrected chi connectivity index (χ4v) is 8.58. The van der Waals surface area contributed by atoms with E-state index in [0.717, 1.165) is 12.8 Å². The van der Waals surface area contributed by atoms with Crippen LogP contribution < -0.4 is 4.90 Å². The van der Waals surface area contributed by atoms with Gasteiger partial charge in [-0.15, -0.1) is 11.3 Å². The molecule has 1 aromatic heterocycles. The first-order chi connectivity index (χ1) is 23.2. The fraction of sp³-hybridized carbons (Fsp3) is 0.217. The molecule has 0 aliphatic heterocycles. The summed E-state index contributed by atoms with van der Waals surface area (Å²) in [5.74, 6) is 0.468. The van der Waals surface area contributed by atoms with E-state index in [4.69, 9.17) is 0 Å². The second kappa shape index (κ2) is 13.1. The molecular formula is C46H45NS. The zero-order valence-electron chi connectivity index (χ0n) is 29.0. The van der Waals surface area contributed by atoms with Crippen LogP contribution in [0.15, 0.2) is 156 Å². The molecule has 1 heterocycles. The molecule has 2 aliphatic carbocycles. The molecule has 0 fully saturated rings. The van der Waals surface area contributed by atoms with Crippen molar-refractivity contribution in [1.29, 1.82) is 0 Å². The summed E-state index contributed by atoms with van der Waals surface area (Å²) in [7, 11) is 0. The molecular weight excluding hydrogens is 599 g/mol. The van der Waals surface area contributed by atoms with Crippen LogP contribution in [-0.2, 0) is 5.41 Å². The van der Waals surface area contributed by atoms with Crippen LogP contribution in [0.2, 0.25) is 0 Å². The summed E-state index contributed by atoms with van der Waals surface area (Å²) in [5.41, 5.74) is 13.5. The molecule has 2 heteroatoms. The molecule has 1 atom stereocenters. The Kier molecular flexibility index (Phi) is 8.71. The Labute approximate surface area is 290 Å². The van der Waals surface area contributed by atoms with Crippen molar-refractivity contribution in [1.82, 2.24) is 0 Å². The van der Waals surface area contributed by atoms with Gasteiger partial charge >= 0.3 is 0 Å². The first-order valence-corrected chi connectivity index (χ1v) is 18.0. The summed E-state index contributed by atoms with van der Waals surface area (Å²) in [6.07, 6.45) is 15.9.